The van der Waals surface area contributed by atoms with Gasteiger partial charge in [0.25, 0.3) is 0 Å². The largest absolute Gasteiger partial charge is 0.460 e. The Labute approximate surface area is 66.7 Å². The number of hydrogen-bond acceptors (Lipinski definition) is 3. The minimum absolute atomic E-state index is 0.251. The lowest BCUT2D eigenvalue weighted by atomic mass is 9.91. The average Bonchev–Trinajstić information content (AvgIpc) is 1.85. The quantitative estimate of drug-likeness (QED) is 0.447. The van der Waals surface area contributed by atoms with E-state index in [1.165, 1.54) is 0 Å². The normalized spacial score (nSPS) is 10.9. The molecule has 0 aliphatic rings. The molecule has 11 heavy (non-hydrogen) atoms. The summed E-state index contributed by atoms with van der Waals surface area (Å²) >= 11 is 0. The molecule has 0 fully saturated rings. The van der Waals surface area contributed by atoms with Gasteiger partial charge in [0.1, 0.15) is 0 Å². The van der Waals surface area contributed by atoms with Crippen LogP contribution in [0.25, 0.3) is 0 Å². The lowest BCUT2D eigenvalue weighted by Crippen LogP contribution is -2.30. The first-order valence-electron chi connectivity index (χ1n) is 3.61. The van der Waals surface area contributed by atoms with Crippen molar-refractivity contribution < 1.29 is 14.3 Å². The predicted octanol–water partition coefficient (Wildman–Crippen LogP) is 1.16. The molecule has 0 radical (unpaired) electrons. The van der Waals surface area contributed by atoms with Gasteiger partial charge in [-0.25, -0.2) is 4.79 Å². The van der Waals surface area contributed by atoms with Gasteiger partial charge in [-0.1, -0.05) is 20.8 Å². The van der Waals surface area contributed by atoms with Gasteiger partial charge in [0.2, 0.25) is 5.78 Å². The van der Waals surface area contributed by atoms with E-state index in [9.17, 15) is 9.59 Å². The molecule has 0 N–H and O–H groups in total. The van der Waals surface area contributed by atoms with E-state index in [-0.39, 0.29) is 6.61 Å². The number of carbonyl (C=O) groups excluding carboxylic acids is 2. The number of Topliss-reactive ketones (excluding diaryl/α,β-unsaturated/α-hetero) is 1. The van der Waals surface area contributed by atoms with Gasteiger partial charge in [-0.3, -0.25) is 4.79 Å². The van der Waals surface area contributed by atoms with Crippen molar-refractivity contribution in [3.8, 4) is 0 Å². The van der Waals surface area contributed by atoms with E-state index in [4.69, 9.17) is 0 Å². The lowest BCUT2D eigenvalue weighted by molar-refractivity contribution is -0.157. The first-order valence-corrected chi connectivity index (χ1v) is 3.61. The van der Waals surface area contributed by atoms with Gasteiger partial charge in [0.05, 0.1) is 6.61 Å². The maximum Gasteiger partial charge on any atom is 0.375 e. The van der Waals surface area contributed by atoms with Gasteiger partial charge in [0, 0.05) is 5.41 Å². The summed E-state index contributed by atoms with van der Waals surface area (Å²) in [5.74, 6) is -1.21. The molecule has 0 saturated carbocycles. The van der Waals surface area contributed by atoms with Crippen molar-refractivity contribution in [3.63, 3.8) is 0 Å². The zero-order valence-electron chi connectivity index (χ0n) is 7.43. The number of esters is 1. The van der Waals surface area contributed by atoms with Gasteiger partial charge >= 0.3 is 5.97 Å². The molecule has 0 heterocycles. The molecule has 0 unspecified atom stereocenters. The molecule has 0 saturated heterocycles. The van der Waals surface area contributed by atoms with E-state index < -0.39 is 17.2 Å². The summed E-state index contributed by atoms with van der Waals surface area (Å²) in [4.78, 5) is 21.9. The second-order valence-corrected chi connectivity index (χ2v) is 3.30. The van der Waals surface area contributed by atoms with E-state index in [2.05, 4.69) is 4.74 Å². The van der Waals surface area contributed by atoms with Gasteiger partial charge in [-0.05, 0) is 6.92 Å². The molecule has 0 rings (SSSR count). The Morgan fingerprint density at radius 2 is 1.73 bits per heavy atom. The van der Waals surface area contributed by atoms with Crippen molar-refractivity contribution in [1.29, 1.82) is 0 Å². The standard InChI is InChI=1S/C8H14O3/c1-5-11-7(10)6(9)8(2,3)4/h5H2,1-4H3. The molecule has 0 aromatic carbocycles. The Balaban J connectivity index is 4.15. The number of ether oxygens (including phenoxy) is 1. The Hall–Kier alpha value is -0.860. The lowest BCUT2D eigenvalue weighted by Gasteiger charge is -2.14. The van der Waals surface area contributed by atoms with Crippen LogP contribution >= 0.6 is 0 Å². The van der Waals surface area contributed by atoms with Crippen molar-refractivity contribution in [2.45, 2.75) is 27.7 Å². The van der Waals surface area contributed by atoms with Crippen LogP contribution in [0, 0.1) is 5.41 Å². The smallest absolute Gasteiger partial charge is 0.375 e. The highest BCUT2D eigenvalue weighted by Gasteiger charge is 2.29. The zero-order chi connectivity index (χ0) is 9.07. The van der Waals surface area contributed by atoms with Crippen molar-refractivity contribution in [1.82, 2.24) is 0 Å². The SMILES string of the molecule is CCOC(=O)C(=O)C(C)(C)C. The second-order valence-electron chi connectivity index (χ2n) is 3.30. The summed E-state index contributed by atoms with van der Waals surface area (Å²) < 4.78 is 4.54. The maximum absolute atomic E-state index is 11.1. The van der Waals surface area contributed by atoms with Crippen LogP contribution in [0.3, 0.4) is 0 Å². The maximum atomic E-state index is 11.1. The summed E-state index contributed by atoms with van der Waals surface area (Å²) in [7, 11) is 0. The number of ketones is 1. The molecule has 3 heteroatoms. The summed E-state index contributed by atoms with van der Waals surface area (Å²) in [5, 5.41) is 0. The molecule has 0 aliphatic heterocycles. The Bertz CT molecular complexity index is 165. The third-order valence-electron chi connectivity index (χ3n) is 1.14. The topological polar surface area (TPSA) is 43.4 Å². The van der Waals surface area contributed by atoms with Crippen LogP contribution in [0.2, 0.25) is 0 Å². The van der Waals surface area contributed by atoms with E-state index in [1.807, 2.05) is 0 Å². The van der Waals surface area contributed by atoms with Crippen molar-refractivity contribution in [3.05, 3.63) is 0 Å². The monoisotopic (exact) mass is 158 g/mol. The average molecular weight is 158 g/mol. The summed E-state index contributed by atoms with van der Waals surface area (Å²) in [6.45, 7) is 6.99. The molecule has 3 nitrogen and oxygen atoms in total. The number of carbonyl (C=O) groups is 2. The first kappa shape index (κ1) is 10.1. The Morgan fingerprint density at radius 1 is 1.27 bits per heavy atom. The van der Waals surface area contributed by atoms with E-state index in [1.54, 1.807) is 27.7 Å². The van der Waals surface area contributed by atoms with Crippen LogP contribution in [0.4, 0.5) is 0 Å². The summed E-state index contributed by atoms with van der Waals surface area (Å²) in [6, 6.07) is 0. The third kappa shape index (κ3) is 3.16. The molecule has 0 aromatic heterocycles. The fourth-order valence-corrected chi connectivity index (χ4v) is 0.503. The van der Waals surface area contributed by atoms with Crippen LogP contribution in [-0.4, -0.2) is 18.4 Å². The minimum atomic E-state index is -0.736. The highest BCUT2D eigenvalue weighted by Crippen LogP contribution is 2.14. The van der Waals surface area contributed by atoms with Crippen LogP contribution in [0.1, 0.15) is 27.7 Å². The number of hydrogen-bond donors (Lipinski definition) is 0. The number of rotatable bonds is 2. The van der Waals surface area contributed by atoms with Crippen molar-refractivity contribution in [2.24, 2.45) is 5.41 Å². The zero-order valence-corrected chi connectivity index (χ0v) is 7.43. The molecule has 0 aromatic rings. The van der Waals surface area contributed by atoms with Gasteiger partial charge in [0.15, 0.2) is 0 Å². The van der Waals surface area contributed by atoms with E-state index in [0.717, 1.165) is 0 Å². The molecule has 0 atom stereocenters. The van der Waals surface area contributed by atoms with Crippen LogP contribution < -0.4 is 0 Å². The Kier molecular flexibility index (Phi) is 3.23. The van der Waals surface area contributed by atoms with Crippen LogP contribution in [-0.2, 0) is 14.3 Å². The molecule has 0 bridgehead atoms. The predicted molar refractivity (Wildman–Crippen MR) is 41.1 cm³/mol. The van der Waals surface area contributed by atoms with Crippen molar-refractivity contribution in [2.75, 3.05) is 6.61 Å². The van der Waals surface area contributed by atoms with Gasteiger partial charge in [-0.15, -0.1) is 0 Å². The van der Waals surface area contributed by atoms with Crippen LogP contribution in [0.15, 0.2) is 0 Å². The molecule has 64 valence electrons. The fraction of sp³-hybridized carbons (Fsp3) is 0.750. The van der Waals surface area contributed by atoms with Gasteiger partial charge in [-0.2, -0.15) is 0 Å². The van der Waals surface area contributed by atoms with E-state index >= 15 is 0 Å². The molecule has 0 aliphatic carbocycles. The molecule has 0 spiro atoms. The highest BCUT2D eigenvalue weighted by molar-refractivity contribution is 6.35. The van der Waals surface area contributed by atoms with E-state index in [0.29, 0.717) is 0 Å². The molecular weight excluding hydrogens is 144 g/mol. The summed E-state index contributed by atoms with van der Waals surface area (Å²) in [6.07, 6.45) is 0. The first-order chi connectivity index (χ1) is 4.89. The minimum Gasteiger partial charge on any atom is -0.460 e. The second kappa shape index (κ2) is 3.51. The fourth-order valence-electron chi connectivity index (χ4n) is 0.503. The van der Waals surface area contributed by atoms with Crippen molar-refractivity contribution >= 4 is 11.8 Å². The van der Waals surface area contributed by atoms with Gasteiger partial charge < -0.3 is 4.74 Å². The summed E-state index contributed by atoms with van der Waals surface area (Å²) in [5.41, 5.74) is -0.633. The van der Waals surface area contributed by atoms with Crippen LogP contribution in [0.5, 0.6) is 0 Å². The third-order valence-corrected chi connectivity index (χ3v) is 1.14. The molecular formula is C8H14O3. The molecule has 0 amide bonds. The Morgan fingerprint density at radius 3 is 2.00 bits per heavy atom. The highest BCUT2D eigenvalue weighted by atomic mass is 16.5.